The van der Waals surface area contributed by atoms with E-state index in [0.717, 1.165) is 6.54 Å². The Morgan fingerprint density at radius 3 is 2.88 bits per heavy atom. The second-order valence-electron chi connectivity index (χ2n) is 3.54. The van der Waals surface area contributed by atoms with Crippen molar-refractivity contribution in [3.63, 3.8) is 0 Å². The number of hydrogen-bond acceptors (Lipinski definition) is 4. The molecule has 2 rings (SSSR count). The molecule has 0 radical (unpaired) electrons. The smallest absolute Gasteiger partial charge is 0.133 e. The van der Waals surface area contributed by atoms with Crippen LogP contribution >= 0.6 is 22.9 Å². The second-order valence-corrected chi connectivity index (χ2v) is 4.67. The molecule has 0 saturated heterocycles. The van der Waals surface area contributed by atoms with Crippen LogP contribution in [0.15, 0.2) is 22.9 Å². The van der Waals surface area contributed by atoms with Gasteiger partial charge in [0.2, 0.25) is 0 Å². The minimum absolute atomic E-state index is 0.407. The molecular formula is C11H12ClN3S. The van der Waals surface area contributed by atoms with Crippen LogP contribution in [0, 0.1) is 6.92 Å². The van der Waals surface area contributed by atoms with Crippen molar-refractivity contribution in [2.45, 2.75) is 13.5 Å². The molecule has 16 heavy (non-hydrogen) atoms. The lowest BCUT2D eigenvalue weighted by Crippen LogP contribution is -2.02. The van der Waals surface area contributed by atoms with Crippen molar-refractivity contribution in [3.8, 4) is 0 Å². The fourth-order valence-corrected chi connectivity index (χ4v) is 2.44. The number of aryl methyl sites for hydroxylation is 1. The van der Waals surface area contributed by atoms with Gasteiger partial charge in [-0.25, -0.2) is 4.98 Å². The van der Waals surface area contributed by atoms with Gasteiger partial charge in [-0.05, 0) is 34.9 Å². The van der Waals surface area contributed by atoms with Crippen molar-refractivity contribution in [3.05, 3.63) is 39.2 Å². The zero-order valence-electron chi connectivity index (χ0n) is 8.83. The average Bonchev–Trinajstić information content (AvgIpc) is 2.59. The van der Waals surface area contributed by atoms with Gasteiger partial charge in [-0.2, -0.15) is 11.3 Å². The Hall–Kier alpha value is -1.26. The van der Waals surface area contributed by atoms with E-state index in [0.29, 0.717) is 16.7 Å². The summed E-state index contributed by atoms with van der Waals surface area (Å²) in [7, 11) is 0. The Bertz CT molecular complexity index is 475. The molecule has 5 heteroatoms. The maximum Gasteiger partial charge on any atom is 0.133 e. The van der Waals surface area contributed by atoms with Crippen molar-refractivity contribution in [2.24, 2.45) is 0 Å². The number of nitrogens with one attached hydrogen (secondary N) is 1. The molecule has 0 spiro atoms. The van der Waals surface area contributed by atoms with Crippen molar-refractivity contribution in [1.82, 2.24) is 4.98 Å². The summed E-state index contributed by atoms with van der Waals surface area (Å²) < 4.78 is 0. The normalized spacial score (nSPS) is 10.4. The highest BCUT2D eigenvalue weighted by Gasteiger charge is 2.01. The Morgan fingerprint density at radius 2 is 2.25 bits per heavy atom. The minimum Gasteiger partial charge on any atom is -0.399 e. The van der Waals surface area contributed by atoms with E-state index in [9.17, 15) is 0 Å². The van der Waals surface area contributed by atoms with E-state index >= 15 is 0 Å². The molecule has 0 aliphatic carbocycles. The summed E-state index contributed by atoms with van der Waals surface area (Å²) in [5.74, 6) is 0.704. The van der Waals surface area contributed by atoms with Gasteiger partial charge in [0, 0.05) is 18.3 Å². The molecule has 0 bridgehead atoms. The molecule has 84 valence electrons. The van der Waals surface area contributed by atoms with Gasteiger partial charge in [0.15, 0.2) is 0 Å². The lowest BCUT2D eigenvalue weighted by molar-refractivity contribution is 1.10. The number of nitrogens with two attached hydrogens (primary N) is 1. The van der Waals surface area contributed by atoms with Crippen LogP contribution in [0.3, 0.4) is 0 Å². The molecule has 0 fully saturated rings. The monoisotopic (exact) mass is 253 g/mol. The predicted molar refractivity (Wildman–Crippen MR) is 70.0 cm³/mol. The highest BCUT2D eigenvalue weighted by molar-refractivity contribution is 7.08. The number of nitrogens with zero attached hydrogens (tertiary/aromatic N) is 1. The molecule has 0 aliphatic rings. The third-order valence-electron chi connectivity index (χ3n) is 2.24. The third-order valence-corrected chi connectivity index (χ3v) is 3.34. The lowest BCUT2D eigenvalue weighted by atomic mass is 10.2. The number of aromatic nitrogens is 1. The number of hydrogen-bond donors (Lipinski definition) is 2. The molecule has 3 nitrogen and oxygen atoms in total. The van der Waals surface area contributed by atoms with Gasteiger partial charge in [-0.3, -0.25) is 0 Å². The van der Waals surface area contributed by atoms with Crippen molar-refractivity contribution < 1.29 is 0 Å². The van der Waals surface area contributed by atoms with Gasteiger partial charge in [0.05, 0.1) is 0 Å². The van der Waals surface area contributed by atoms with Gasteiger partial charge in [-0.1, -0.05) is 11.6 Å². The largest absolute Gasteiger partial charge is 0.399 e. The zero-order valence-corrected chi connectivity index (χ0v) is 10.4. The van der Waals surface area contributed by atoms with E-state index in [1.165, 1.54) is 11.1 Å². The summed E-state index contributed by atoms with van der Waals surface area (Å²) in [5, 5.41) is 7.85. The summed E-state index contributed by atoms with van der Waals surface area (Å²) in [4.78, 5) is 4.14. The molecule has 0 atom stereocenters. The zero-order chi connectivity index (χ0) is 11.5. The SMILES string of the molecule is Cc1cscc1CNc1cc(N)cc(Cl)n1. The quantitative estimate of drug-likeness (QED) is 0.826. The number of anilines is 2. The first-order valence-electron chi connectivity index (χ1n) is 4.84. The van der Waals surface area contributed by atoms with Crippen LogP contribution in [-0.4, -0.2) is 4.98 Å². The van der Waals surface area contributed by atoms with Crippen LogP contribution in [0.2, 0.25) is 5.15 Å². The molecule has 2 heterocycles. The second kappa shape index (κ2) is 4.72. The van der Waals surface area contributed by atoms with Crippen LogP contribution in [0.4, 0.5) is 11.5 Å². The standard InChI is InChI=1S/C11H12ClN3S/c1-7-5-16-6-8(7)4-14-11-3-9(13)2-10(12)15-11/h2-3,5-6H,4H2,1H3,(H3,13,14,15). The molecule has 2 aromatic heterocycles. The summed E-state index contributed by atoms with van der Waals surface area (Å²) in [6.45, 7) is 2.83. The molecule has 0 unspecified atom stereocenters. The first-order chi connectivity index (χ1) is 7.65. The Labute approximate surface area is 103 Å². The third kappa shape index (κ3) is 2.65. The first-order valence-corrected chi connectivity index (χ1v) is 6.16. The van der Waals surface area contributed by atoms with E-state index in [-0.39, 0.29) is 0 Å². The Balaban J connectivity index is 2.07. The highest BCUT2D eigenvalue weighted by atomic mass is 35.5. The van der Waals surface area contributed by atoms with E-state index in [1.807, 2.05) is 0 Å². The number of pyridine rings is 1. The van der Waals surface area contributed by atoms with Gasteiger partial charge in [0.25, 0.3) is 0 Å². The Morgan fingerprint density at radius 1 is 1.44 bits per heavy atom. The van der Waals surface area contributed by atoms with E-state index in [1.54, 1.807) is 23.5 Å². The van der Waals surface area contributed by atoms with Gasteiger partial charge in [0.1, 0.15) is 11.0 Å². The van der Waals surface area contributed by atoms with Crippen molar-refractivity contribution >= 4 is 34.4 Å². The van der Waals surface area contributed by atoms with Crippen molar-refractivity contribution in [1.29, 1.82) is 0 Å². The molecule has 0 aliphatic heterocycles. The number of nitrogen functional groups attached to an aromatic ring is 1. The minimum atomic E-state index is 0.407. The van der Waals surface area contributed by atoms with Crippen LogP contribution in [0.1, 0.15) is 11.1 Å². The summed E-state index contributed by atoms with van der Waals surface area (Å²) in [6.07, 6.45) is 0. The number of rotatable bonds is 3. The van der Waals surface area contributed by atoms with Crippen molar-refractivity contribution in [2.75, 3.05) is 11.1 Å². The van der Waals surface area contributed by atoms with Crippen LogP contribution in [-0.2, 0) is 6.54 Å². The molecule has 3 N–H and O–H groups in total. The molecule has 0 saturated carbocycles. The lowest BCUT2D eigenvalue weighted by Gasteiger charge is -2.06. The maximum absolute atomic E-state index is 5.81. The number of halogens is 1. The fourth-order valence-electron chi connectivity index (χ4n) is 1.36. The highest BCUT2D eigenvalue weighted by Crippen LogP contribution is 2.18. The molecule has 0 amide bonds. The molecule has 2 aromatic rings. The van der Waals surface area contributed by atoms with Crippen LogP contribution in [0.5, 0.6) is 0 Å². The van der Waals surface area contributed by atoms with E-state index < -0.39 is 0 Å². The maximum atomic E-state index is 5.81. The van der Waals surface area contributed by atoms with Gasteiger partial charge >= 0.3 is 0 Å². The van der Waals surface area contributed by atoms with Crippen LogP contribution in [0.25, 0.3) is 0 Å². The fraction of sp³-hybridized carbons (Fsp3) is 0.182. The number of thiophene rings is 1. The van der Waals surface area contributed by atoms with Crippen LogP contribution < -0.4 is 11.1 Å². The summed E-state index contributed by atoms with van der Waals surface area (Å²) >= 11 is 7.51. The van der Waals surface area contributed by atoms with Gasteiger partial charge in [-0.15, -0.1) is 0 Å². The molecular weight excluding hydrogens is 242 g/mol. The van der Waals surface area contributed by atoms with E-state index in [4.69, 9.17) is 17.3 Å². The van der Waals surface area contributed by atoms with E-state index in [2.05, 4.69) is 28.0 Å². The first kappa shape index (κ1) is 11.2. The molecule has 0 aromatic carbocycles. The average molecular weight is 254 g/mol. The topological polar surface area (TPSA) is 50.9 Å². The summed E-state index contributed by atoms with van der Waals surface area (Å²) in [5.41, 5.74) is 8.84. The van der Waals surface area contributed by atoms with Gasteiger partial charge < -0.3 is 11.1 Å². The Kier molecular flexibility index (Phi) is 3.31. The predicted octanol–water partition coefficient (Wildman–Crippen LogP) is 3.30. The summed E-state index contributed by atoms with van der Waals surface area (Å²) in [6, 6.07) is 3.40.